The van der Waals surface area contributed by atoms with E-state index in [-0.39, 0.29) is 23.8 Å². The smallest absolute Gasteiger partial charge is 0.225 e. The van der Waals surface area contributed by atoms with Gasteiger partial charge in [0, 0.05) is 31.0 Å². The highest BCUT2D eigenvalue weighted by atomic mass is 16.5. The van der Waals surface area contributed by atoms with E-state index in [1.54, 1.807) is 14.2 Å². The number of hydrogen-bond donors (Lipinski definition) is 1. The van der Waals surface area contributed by atoms with Crippen molar-refractivity contribution in [2.45, 2.75) is 45.1 Å². The Hall–Kier alpha value is -1.75. The van der Waals surface area contributed by atoms with E-state index in [1.165, 1.54) is 0 Å². The summed E-state index contributed by atoms with van der Waals surface area (Å²) >= 11 is 0. The Morgan fingerprint density at radius 1 is 1.21 bits per heavy atom. The van der Waals surface area contributed by atoms with E-state index in [0.717, 1.165) is 31.4 Å². The number of ether oxygens (including phenoxy) is 2. The summed E-state index contributed by atoms with van der Waals surface area (Å²) in [6.45, 7) is 5.52. The average Bonchev–Trinajstić information content (AvgIpc) is 2.61. The Balaban J connectivity index is 2.20. The highest BCUT2D eigenvalue weighted by Crippen LogP contribution is 2.34. The third-order valence-electron chi connectivity index (χ3n) is 5.01. The van der Waals surface area contributed by atoms with Crippen molar-refractivity contribution < 1.29 is 14.3 Å². The largest absolute Gasteiger partial charge is 0.493 e. The number of carbonyl (C=O) groups is 1. The molecule has 2 N–H and O–H groups in total. The summed E-state index contributed by atoms with van der Waals surface area (Å²) in [6.07, 6.45) is 2.63. The molecule has 2 atom stereocenters. The average molecular weight is 334 g/mol. The number of nitrogens with two attached hydrogens (primary N) is 1. The van der Waals surface area contributed by atoms with Gasteiger partial charge in [0.05, 0.1) is 14.2 Å². The van der Waals surface area contributed by atoms with Crippen molar-refractivity contribution in [2.24, 2.45) is 11.7 Å². The first kappa shape index (κ1) is 18.6. The number of hydrogen-bond acceptors (Lipinski definition) is 4. The van der Waals surface area contributed by atoms with Crippen LogP contribution >= 0.6 is 0 Å². The fourth-order valence-electron chi connectivity index (χ4n) is 3.56. The van der Waals surface area contributed by atoms with E-state index in [0.29, 0.717) is 18.0 Å². The lowest BCUT2D eigenvalue weighted by Gasteiger charge is -2.38. The molecule has 1 aromatic rings. The van der Waals surface area contributed by atoms with E-state index >= 15 is 0 Å². The lowest BCUT2D eigenvalue weighted by Crippen LogP contribution is -2.50. The van der Waals surface area contributed by atoms with Crippen molar-refractivity contribution in [3.8, 4) is 11.5 Å². The first-order valence-electron chi connectivity index (χ1n) is 8.80. The molecule has 24 heavy (non-hydrogen) atoms. The Morgan fingerprint density at radius 2 is 1.88 bits per heavy atom. The summed E-state index contributed by atoms with van der Waals surface area (Å²) in [5, 5.41) is 0. The zero-order valence-electron chi connectivity index (χ0n) is 15.2. The molecule has 1 heterocycles. The van der Waals surface area contributed by atoms with Crippen molar-refractivity contribution >= 4 is 5.91 Å². The Kier molecular flexibility index (Phi) is 6.49. The fourth-order valence-corrected chi connectivity index (χ4v) is 3.56. The highest BCUT2D eigenvalue weighted by Gasteiger charge is 2.31. The molecule has 5 heteroatoms. The van der Waals surface area contributed by atoms with Gasteiger partial charge >= 0.3 is 0 Å². The van der Waals surface area contributed by atoms with Crippen molar-refractivity contribution in [1.29, 1.82) is 0 Å². The molecule has 1 fully saturated rings. The van der Waals surface area contributed by atoms with Gasteiger partial charge < -0.3 is 20.1 Å². The van der Waals surface area contributed by atoms with Gasteiger partial charge in [0.1, 0.15) is 0 Å². The zero-order valence-corrected chi connectivity index (χ0v) is 15.2. The standard InChI is InChI=1S/C19H30N2O3/c1-5-13(6-2)19(22)21-11-15(9-16(20)12-21)14-7-8-17(23-3)18(10-14)24-4/h7-8,10,13,15-16H,5-6,9,11-12,20H2,1-4H3. The molecule has 0 bridgehead atoms. The van der Waals surface area contributed by atoms with Crippen LogP contribution in [0.5, 0.6) is 11.5 Å². The van der Waals surface area contributed by atoms with Gasteiger partial charge in [-0.2, -0.15) is 0 Å². The lowest BCUT2D eigenvalue weighted by atomic mass is 9.87. The Bertz CT molecular complexity index is 558. The SMILES string of the molecule is CCC(CC)C(=O)N1CC(N)CC(c2ccc(OC)c(OC)c2)C1. The quantitative estimate of drug-likeness (QED) is 0.869. The van der Waals surface area contributed by atoms with E-state index < -0.39 is 0 Å². The zero-order chi connectivity index (χ0) is 17.7. The molecule has 0 aliphatic carbocycles. The summed E-state index contributed by atoms with van der Waals surface area (Å²) < 4.78 is 10.7. The van der Waals surface area contributed by atoms with E-state index in [9.17, 15) is 4.79 Å². The van der Waals surface area contributed by atoms with Crippen molar-refractivity contribution in [2.75, 3.05) is 27.3 Å². The van der Waals surface area contributed by atoms with Crippen LogP contribution in [0, 0.1) is 5.92 Å². The summed E-state index contributed by atoms with van der Waals surface area (Å²) in [4.78, 5) is 14.7. The van der Waals surface area contributed by atoms with Crippen LogP contribution in [0.2, 0.25) is 0 Å². The molecular formula is C19H30N2O3. The molecule has 0 aromatic heterocycles. The van der Waals surface area contributed by atoms with Gasteiger partial charge in [0.15, 0.2) is 11.5 Å². The normalized spacial score (nSPS) is 21.0. The van der Waals surface area contributed by atoms with Gasteiger partial charge in [-0.25, -0.2) is 0 Å². The maximum Gasteiger partial charge on any atom is 0.225 e. The summed E-state index contributed by atoms with van der Waals surface area (Å²) in [5.41, 5.74) is 7.39. The molecular weight excluding hydrogens is 304 g/mol. The fraction of sp³-hybridized carbons (Fsp3) is 0.632. The van der Waals surface area contributed by atoms with Crippen LogP contribution in [-0.2, 0) is 4.79 Å². The van der Waals surface area contributed by atoms with Gasteiger partial charge in [0.25, 0.3) is 0 Å². The first-order valence-corrected chi connectivity index (χ1v) is 8.80. The van der Waals surface area contributed by atoms with Crippen LogP contribution in [0.4, 0.5) is 0 Å². The minimum absolute atomic E-state index is 0.00941. The number of nitrogens with zero attached hydrogens (tertiary/aromatic N) is 1. The first-order chi connectivity index (χ1) is 11.5. The third kappa shape index (κ3) is 4.01. The van der Waals surface area contributed by atoms with Gasteiger partial charge in [-0.05, 0) is 37.0 Å². The summed E-state index contributed by atoms with van der Waals surface area (Å²) in [7, 11) is 3.27. The molecule has 2 rings (SSSR count). The molecule has 1 amide bonds. The molecule has 1 aliphatic rings. The minimum atomic E-state index is 0.00941. The van der Waals surface area contributed by atoms with Gasteiger partial charge in [0.2, 0.25) is 5.91 Å². The molecule has 0 spiro atoms. The van der Waals surface area contributed by atoms with Crippen LogP contribution in [0.25, 0.3) is 0 Å². The highest BCUT2D eigenvalue weighted by molar-refractivity contribution is 5.79. The topological polar surface area (TPSA) is 64.8 Å². The lowest BCUT2D eigenvalue weighted by molar-refractivity contribution is -0.137. The predicted octanol–water partition coefficient (Wildman–Crippen LogP) is 2.78. The second-order valence-electron chi connectivity index (χ2n) is 6.56. The van der Waals surface area contributed by atoms with Gasteiger partial charge in [-0.3, -0.25) is 4.79 Å². The monoisotopic (exact) mass is 334 g/mol. The maximum atomic E-state index is 12.7. The number of rotatable bonds is 6. The third-order valence-corrected chi connectivity index (χ3v) is 5.01. The number of amides is 1. The molecule has 1 aliphatic heterocycles. The minimum Gasteiger partial charge on any atom is -0.493 e. The Labute approximate surface area is 145 Å². The van der Waals surface area contributed by atoms with E-state index in [1.807, 2.05) is 23.1 Å². The number of benzene rings is 1. The van der Waals surface area contributed by atoms with E-state index in [2.05, 4.69) is 13.8 Å². The van der Waals surface area contributed by atoms with Crippen LogP contribution in [0.1, 0.15) is 44.6 Å². The summed E-state index contributed by atoms with van der Waals surface area (Å²) in [6, 6.07) is 5.97. The second kappa shape index (κ2) is 8.38. The van der Waals surface area contributed by atoms with E-state index in [4.69, 9.17) is 15.2 Å². The predicted molar refractivity (Wildman–Crippen MR) is 95.5 cm³/mol. The van der Waals surface area contributed by atoms with Gasteiger partial charge in [-0.15, -0.1) is 0 Å². The Morgan fingerprint density at radius 3 is 2.46 bits per heavy atom. The van der Waals surface area contributed by atoms with Crippen LogP contribution in [0.3, 0.4) is 0 Å². The molecule has 0 saturated carbocycles. The number of likely N-dealkylation sites (tertiary alicyclic amines) is 1. The molecule has 5 nitrogen and oxygen atoms in total. The molecule has 1 aromatic carbocycles. The molecule has 1 saturated heterocycles. The number of carbonyl (C=O) groups excluding carboxylic acids is 1. The van der Waals surface area contributed by atoms with Crippen LogP contribution < -0.4 is 15.2 Å². The van der Waals surface area contributed by atoms with Crippen LogP contribution in [0.15, 0.2) is 18.2 Å². The molecule has 2 unspecified atom stereocenters. The summed E-state index contributed by atoms with van der Waals surface area (Å²) in [5.74, 6) is 1.99. The maximum absolute atomic E-state index is 12.7. The number of methoxy groups -OCH3 is 2. The van der Waals surface area contributed by atoms with Crippen molar-refractivity contribution in [3.63, 3.8) is 0 Å². The molecule has 134 valence electrons. The number of piperidine rings is 1. The van der Waals surface area contributed by atoms with Crippen LogP contribution in [-0.4, -0.2) is 44.2 Å². The van der Waals surface area contributed by atoms with Crippen molar-refractivity contribution in [3.05, 3.63) is 23.8 Å². The molecule has 0 radical (unpaired) electrons. The second-order valence-corrected chi connectivity index (χ2v) is 6.56. The van der Waals surface area contributed by atoms with Gasteiger partial charge in [-0.1, -0.05) is 19.9 Å². The van der Waals surface area contributed by atoms with Crippen molar-refractivity contribution in [1.82, 2.24) is 4.90 Å².